The summed E-state index contributed by atoms with van der Waals surface area (Å²) in [6.45, 7) is 0.709. The lowest BCUT2D eigenvalue weighted by Crippen LogP contribution is -2.17. The van der Waals surface area contributed by atoms with Crippen LogP contribution in [0.1, 0.15) is 10.4 Å². The number of alkyl halides is 1. The normalized spacial score (nSPS) is 10.7. The molecular formula is C13H12Br2FNS. The van der Waals surface area contributed by atoms with Crippen molar-refractivity contribution in [3.8, 4) is 0 Å². The van der Waals surface area contributed by atoms with E-state index in [1.807, 2.05) is 29.5 Å². The Balaban J connectivity index is 2.15. The molecule has 2 rings (SSSR count). The highest BCUT2D eigenvalue weighted by Crippen LogP contribution is 2.25. The van der Waals surface area contributed by atoms with Gasteiger partial charge < -0.3 is 4.90 Å². The predicted molar refractivity (Wildman–Crippen MR) is 83.2 cm³/mol. The summed E-state index contributed by atoms with van der Waals surface area (Å²) in [5, 5.41) is 2.71. The first kappa shape index (κ1) is 14.0. The summed E-state index contributed by atoms with van der Waals surface area (Å²) < 4.78 is 15.0. The van der Waals surface area contributed by atoms with Crippen molar-refractivity contribution in [2.24, 2.45) is 0 Å². The first-order valence-corrected chi connectivity index (χ1v) is 8.18. The van der Waals surface area contributed by atoms with Gasteiger partial charge in [-0.15, -0.1) is 11.3 Å². The van der Waals surface area contributed by atoms with Crippen LogP contribution in [0, 0.1) is 5.82 Å². The average molecular weight is 393 g/mol. The SMILES string of the molecule is CN(Cc1cc(Br)cs1)c1ccc(CBr)cc1F. The molecule has 0 fully saturated rings. The lowest BCUT2D eigenvalue weighted by atomic mass is 10.2. The lowest BCUT2D eigenvalue weighted by Gasteiger charge is -2.19. The molecule has 1 nitrogen and oxygen atoms in total. The number of anilines is 1. The smallest absolute Gasteiger partial charge is 0.146 e. The zero-order valence-corrected chi connectivity index (χ0v) is 13.8. The van der Waals surface area contributed by atoms with Crippen LogP contribution < -0.4 is 4.90 Å². The van der Waals surface area contributed by atoms with E-state index in [4.69, 9.17) is 0 Å². The quantitative estimate of drug-likeness (QED) is 0.648. The van der Waals surface area contributed by atoms with E-state index in [0.717, 1.165) is 10.0 Å². The summed E-state index contributed by atoms with van der Waals surface area (Å²) in [7, 11) is 1.90. The van der Waals surface area contributed by atoms with Crippen molar-refractivity contribution in [2.75, 3.05) is 11.9 Å². The number of benzene rings is 1. The molecule has 0 bridgehead atoms. The van der Waals surface area contributed by atoms with Gasteiger partial charge in [-0.1, -0.05) is 22.0 Å². The monoisotopic (exact) mass is 391 g/mol. The minimum absolute atomic E-state index is 0.176. The van der Waals surface area contributed by atoms with E-state index < -0.39 is 0 Å². The van der Waals surface area contributed by atoms with Crippen LogP contribution in [0.5, 0.6) is 0 Å². The van der Waals surface area contributed by atoms with E-state index in [-0.39, 0.29) is 5.82 Å². The fraction of sp³-hybridized carbons (Fsp3) is 0.231. The van der Waals surface area contributed by atoms with Gasteiger partial charge in [0, 0.05) is 27.1 Å². The standard InChI is InChI=1S/C13H12Br2FNS/c1-17(7-11-5-10(15)8-18-11)13-3-2-9(6-14)4-12(13)16/h2-5,8H,6-7H2,1H3. The van der Waals surface area contributed by atoms with E-state index >= 15 is 0 Å². The Hall–Kier alpha value is -0.390. The second-order valence-corrected chi connectivity index (χ2v) is 6.48. The highest BCUT2D eigenvalue weighted by Gasteiger charge is 2.09. The van der Waals surface area contributed by atoms with Crippen LogP contribution in [0.4, 0.5) is 10.1 Å². The second-order valence-electron chi connectivity index (χ2n) is 4.01. The summed E-state index contributed by atoms with van der Waals surface area (Å²) in [5.74, 6) is -0.176. The maximum absolute atomic E-state index is 13.9. The number of hydrogen-bond acceptors (Lipinski definition) is 2. The predicted octanol–water partition coefficient (Wildman–Crippen LogP) is 5.18. The molecule has 0 N–H and O–H groups in total. The number of nitrogens with zero attached hydrogens (tertiary/aromatic N) is 1. The molecule has 0 saturated carbocycles. The molecule has 0 saturated heterocycles. The van der Waals surface area contributed by atoms with E-state index in [0.29, 0.717) is 17.6 Å². The Morgan fingerprint density at radius 2 is 2.11 bits per heavy atom. The Morgan fingerprint density at radius 3 is 2.67 bits per heavy atom. The van der Waals surface area contributed by atoms with E-state index in [9.17, 15) is 4.39 Å². The topological polar surface area (TPSA) is 3.24 Å². The molecule has 96 valence electrons. The molecule has 1 aromatic heterocycles. The highest BCUT2D eigenvalue weighted by atomic mass is 79.9. The van der Waals surface area contributed by atoms with Gasteiger partial charge in [-0.25, -0.2) is 4.39 Å². The van der Waals surface area contributed by atoms with E-state index in [2.05, 4.69) is 37.9 Å². The molecule has 1 heterocycles. The molecule has 0 spiro atoms. The van der Waals surface area contributed by atoms with Gasteiger partial charge in [0.25, 0.3) is 0 Å². The third kappa shape index (κ3) is 3.33. The van der Waals surface area contributed by atoms with Crippen molar-refractivity contribution in [2.45, 2.75) is 11.9 Å². The molecule has 0 aliphatic heterocycles. The van der Waals surface area contributed by atoms with Gasteiger partial charge in [0.15, 0.2) is 0 Å². The number of hydrogen-bond donors (Lipinski definition) is 0. The molecule has 0 atom stereocenters. The minimum Gasteiger partial charge on any atom is -0.367 e. The van der Waals surface area contributed by atoms with Gasteiger partial charge in [-0.2, -0.15) is 0 Å². The van der Waals surface area contributed by atoms with Gasteiger partial charge in [0.05, 0.1) is 12.2 Å². The van der Waals surface area contributed by atoms with Crippen molar-refractivity contribution in [3.05, 3.63) is 50.4 Å². The number of halogens is 3. The summed E-state index contributed by atoms with van der Waals surface area (Å²) in [6, 6.07) is 7.40. The zero-order chi connectivity index (χ0) is 13.1. The number of rotatable bonds is 4. The van der Waals surface area contributed by atoms with Gasteiger partial charge in [-0.3, -0.25) is 0 Å². The molecule has 0 radical (unpaired) electrons. The summed E-state index contributed by atoms with van der Waals surface area (Å²) in [5.41, 5.74) is 1.58. The van der Waals surface area contributed by atoms with Crippen molar-refractivity contribution < 1.29 is 4.39 Å². The van der Waals surface area contributed by atoms with Crippen LogP contribution in [0.15, 0.2) is 34.1 Å². The molecule has 0 amide bonds. The summed E-state index contributed by atoms with van der Waals surface area (Å²) in [4.78, 5) is 3.12. The van der Waals surface area contributed by atoms with Gasteiger partial charge >= 0.3 is 0 Å². The molecule has 1 aromatic carbocycles. The molecule has 18 heavy (non-hydrogen) atoms. The van der Waals surface area contributed by atoms with Crippen LogP contribution in [0.25, 0.3) is 0 Å². The van der Waals surface area contributed by atoms with Crippen LogP contribution in [0.2, 0.25) is 0 Å². The Kier molecular flexibility index (Phi) is 4.81. The maximum atomic E-state index is 13.9. The van der Waals surface area contributed by atoms with Crippen molar-refractivity contribution in [1.29, 1.82) is 0 Å². The highest BCUT2D eigenvalue weighted by molar-refractivity contribution is 9.10. The summed E-state index contributed by atoms with van der Waals surface area (Å²) >= 11 is 8.42. The largest absolute Gasteiger partial charge is 0.367 e. The first-order valence-electron chi connectivity index (χ1n) is 5.38. The van der Waals surface area contributed by atoms with E-state index in [1.165, 1.54) is 4.88 Å². The van der Waals surface area contributed by atoms with Crippen molar-refractivity contribution in [1.82, 2.24) is 0 Å². The molecule has 0 aliphatic rings. The van der Waals surface area contributed by atoms with Crippen molar-refractivity contribution in [3.63, 3.8) is 0 Å². The minimum atomic E-state index is -0.176. The second kappa shape index (κ2) is 6.17. The molecule has 5 heteroatoms. The molecule has 0 aliphatic carbocycles. The van der Waals surface area contributed by atoms with Gasteiger partial charge in [-0.05, 0) is 39.7 Å². The van der Waals surface area contributed by atoms with Crippen LogP contribution in [0.3, 0.4) is 0 Å². The zero-order valence-electron chi connectivity index (χ0n) is 9.79. The third-order valence-electron chi connectivity index (χ3n) is 2.59. The molecule has 2 aromatic rings. The van der Waals surface area contributed by atoms with Crippen LogP contribution in [-0.4, -0.2) is 7.05 Å². The van der Waals surface area contributed by atoms with Crippen LogP contribution in [-0.2, 0) is 11.9 Å². The Labute approximate surface area is 127 Å². The maximum Gasteiger partial charge on any atom is 0.146 e. The van der Waals surface area contributed by atoms with Crippen molar-refractivity contribution >= 4 is 48.9 Å². The number of thiophene rings is 1. The fourth-order valence-electron chi connectivity index (χ4n) is 1.70. The first-order chi connectivity index (χ1) is 8.60. The molecular weight excluding hydrogens is 381 g/mol. The Bertz CT molecular complexity index is 542. The van der Waals surface area contributed by atoms with Crippen LogP contribution >= 0.6 is 43.2 Å². The Morgan fingerprint density at radius 1 is 1.33 bits per heavy atom. The van der Waals surface area contributed by atoms with E-state index in [1.54, 1.807) is 17.4 Å². The summed E-state index contributed by atoms with van der Waals surface area (Å²) in [6.07, 6.45) is 0. The van der Waals surface area contributed by atoms with Gasteiger partial charge in [0.2, 0.25) is 0 Å². The fourth-order valence-corrected chi connectivity index (χ4v) is 3.55. The van der Waals surface area contributed by atoms with Gasteiger partial charge in [0.1, 0.15) is 5.82 Å². The molecule has 0 unspecified atom stereocenters. The lowest BCUT2D eigenvalue weighted by molar-refractivity contribution is 0.621. The third-order valence-corrected chi connectivity index (χ3v) is 4.92. The average Bonchev–Trinajstić information content (AvgIpc) is 2.74.